The molecule has 2 N–H and O–H groups in total. The molecule has 1 rings (SSSR count). The van der Waals surface area contributed by atoms with Crippen LogP contribution in [0.5, 0.6) is 0 Å². The van der Waals surface area contributed by atoms with E-state index in [1.807, 2.05) is 6.92 Å². The lowest BCUT2D eigenvalue weighted by Crippen LogP contribution is -2.46. The number of amides is 1. The van der Waals surface area contributed by atoms with Crippen molar-refractivity contribution in [3.8, 4) is 0 Å². The van der Waals surface area contributed by atoms with Crippen LogP contribution in [0, 0.1) is 0 Å². The summed E-state index contributed by atoms with van der Waals surface area (Å²) in [4.78, 5) is 22.5. The topological polar surface area (TPSA) is 79.5 Å². The molecular weight excluding hydrogens is 290 g/mol. The van der Waals surface area contributed by atoms with E-state index < -0.39 is 17.4 Å². The predicted molar refractivity (Wildman–Crippen MR) is 64.8 cm³/mol. The minimum Gasteiger partial charge on any atom is -0.481 e. The van der Waals surface area contributed by atoms with Gasteiger partial charge in [0.15, 0.2) is 10.4 Å². The van der Waals surface area contributed by atoms with Crippen LogP contribution >= 0.6 is 15.9 Å². The number of rotatable bonds is 5. The van der Waals surface area contributed by atoms with E-state index in [0.717, 1.165) is 0 Å². The first-order valence-electron chi connectivity index (χ1n) is 5.16. The standard InChI is InChI=1S/C11H14BrNO4/c1-3-11(2,6-9(14)15)13-10(16)7-4-5-8(12)17-7/h4-5H,3,6H2,1-2H3,(H,13,16)(H,14,15). The molecule has 1 heterocycles. The molecule has 17 heavy (non-hydrogen) atoms. The Morgan fingerprint density at radius 3 is 2.59 bits per heavy atom. The Hall–Kier alpha value is -1.30. The largest absolute Gasteiger partial charge is 0.481 e. The molecule has 0 aromatic carbocycles. The maximum Gasteiger partial charge on any atom is 0.305 e. The molecule has 0 aliphatic carbocycles. The zero-order valence-electron chi connectivity index (χ0n) is 9.62. The van der Waals surface area contributed by atoms with Crippen LogP contribution in [0.2, 0.25) is 0 Å². The van der Waals surface area contributed by atoms with Crippen LogP contribution in [0.15, 0.2) is 21.2 Å². The molecule has 0 saturated carbocycles. The van der Waals surface area contributed by atoms with Gasteiger partial charge in [-0.15, -0.1) is 0 Å². The van der Waals surface area contributed by atoms with Gasteiger partial charge in [0.25, 0.3) is 5.91 Å². The number of aliphatic carboxylic acids is 1. The highest BCUT2D eigenvalue weighted by atomic mass is 79.9. The fraction of sp³-hybridized carbons (Fsp3) is 0.455. The molecule has 0 aliphatic heterocycles. The second-order valence-electron chi connectivity index (χ2n) is 4.04. The van der Waals surface area contributed by atoms with Crippen molar-refractivity contribution in [2.24, 2.45) is 0 Å². The first-order chi connectivity index (χ1) is 7.86. The third-order valence-corrected chi connectivity index (χ3v) is 2.96. The van der Waals surface area contributed by atoms with Crippen molar-refractivity contribution in [3.63, 3.8) is 0 Å². The molecule has 0 saturated heterocycles. The van der Waals surface area contributed by atoms with E-state index in [0.29, 0.717) is 11.1 Å². The average molecular weight is 304 g/mol. The van der Waals surface area contributed by atoms with E-state index in [1.54, 1.807) is 13.0 Å². The normalized spacial score (nSPS) is 14.1. The fourth-order valence-corrected chi connectivity index (χ4v) is 1.67. The van der Waals surface area contributed by atoms with Crippen LogP contribution in [0.25, 0.3) is 0 Å². The van der Waals surface area contributed by atoms with Gasteiger partial charge in [-0.25, -0.2) is 0 Å². The van der Waals surface area contributed by atoms with Crippen LogP contribution in [-0.4, -0.2) is 22.5 Å². The molecule has 1 amide bonds. The summed E-state index contributed by atoms with van der Waals surface area (Å²) < 4.78 is 5.56. The van der Waals surface area contributed by atoms with E-state index in [2.05, 4.69) is 21.2 Å². The number of nitrogens with one attached hydrogen (secondary N) is 1. The van der Waals surface area contributed by atoms with E-state index in [-0.39, 0.29) is 12.2 Å². The second kappa shape index (κ2) is 5.35. The second-order valence-corrected chi connectivity index (χ2v) is 4.82. The van der Waals surface area contributed by atoms with Gasteiger partial charge >= 0.3 is 5.97 Å². The Labute approximate surface area is 107 Å². The van der Waals surface area contributed by atoms with Crippen LogP contribution in [0.1, 0.15) is 37.2 Å². The number of hydrogen-bond donors (Lipinski definition) is 2. The van der Waals surface area contributed by atoms with Crippen LogP contribution < -0.4 is 5.32 Å². The molecule has 1 atom stereocenters. The summed E-state index contributed by atoms with van der Waals surface area (Å²) in [5.74, 6) is -1.21. The SMILES string of the molecule is CCC(C)(CC(=O)O)NC(=O)c1ccc(Br)o1. The van der Waals surface area contributed by atoms with Gasteiger partial charge in [-0.3, -0.25) is 9.59 Å². The van der Waals surface area contributed by atoms with Gasteiger partial charge < -0.3 is 14.8 Å². The first kappa shape index (κ1) is 13.8. The summed E-state index contributed by atoms with van der Waals surface area (Å²) in [6.07, 6.45) is 0.393. The number of furan rings is 1. The third kappa shape index (κ3) is 3.89. The smallest absolute Gasteiger partial charge is 0.305 e. The van der Waals surface area contributed by atoms with Crippen molar-refractivity contribution in [3.05, 3.63) is 22.6 Å². The molecule has 1 aromatic heterocycles. The molecule has 6 heteroatoms. The number of carbonyl (C=O) groups excluding carboxylic acids is 1. The van der Waals surface area contributed by atoms with E-state index in [9.17, 15) is 9.59 Å². The van der Waals surface area contributed by atoms with Crippen molar-refractivity contribution in [1.29, 1.82) is 0 Å². The molecule has 0 spiro atoms. The average Bonchev–Trinajstić information content (AvgIpc) is 2.63. The van der Waals surface area contributed by atoms with Gasteiger partial charge in [0, 0.05) is 5.54 Å². The fourth-order valence-electron chi connectivity index (χ4n) is 1.36. The van der Waals surface area contributed by atoms with Gasteiger partial charge in [0.05, 0.1) is 6.42 Å². The summed E-state index contributed by atoms with van der Waals surface area (Å²) in [5.41, 5.74) is -0.776. The number of carbonyl (C=O) groups is 2. The lowest BCUT2D eigenvalue weighted by atomic mass is 9.94. The summed E-state index contributed by atoms with van der Waals surface area (Å²) in [6.45, 7) is 3.51. The Kier molecular flexibility index (Phi) is 4.34. The number of halogens is 1. The van der Waals surface area contributed by atoms with Gasteiger partial charge in [-0.2, -0.15) is 0 Å². The Morgan fingerprint density at radius 2 is 2.18 bits per heavy atom. The van der Waals surface area contributed by atoms with Crippen molar-refractivity contribution in [2.75, 3.05) is 0 Å². The highest BCUT2D eigenvalue weighted by Crippen LogP contribution is 2.18. The van der Waals surface area contributed by atoms with Gasteiger partial charge in [0.1, 0.15) is 0 Å². The number of carboxylic acid groups (broad SMARTS) is 1. The summed E-state index contributed by atoms with van der Waals surface area (Å²) >= 11 is 3.10. The Morgan fingerprint density at radius 1 is 1.53 bits per heavy atom. The van der Waals surface area contributed by atoms with E-state index >= 15 is 0 Å². The van der Waals surface area contributed by atoms with Crippen molar-refractivity contribution >= 4 is 27.8 Å². The maximum atomic E-state index is 11.8. The van der Waals surface area contributed by atoms with Gasteiger partial charge in [0.2, 0.25) is 0 Å². The maximum absolute atomic E-state index is 11.8. The molecule has 0 fully saturated rings. The minimum absolute atomic E-state index is 0.128. The van der Waals surface area contributed by atoms with Crippen molar-refractivity contribution in [1.82, 2.24) is 5.32 Å². The number of hydrogen-bond acceptors (Lipinski definition) is 3. The molecule has 5 nitrogen and oxygen atoms in total. The van der Waals surface area contributed by atoms with E-state index in [4.69, 9.17) is 9.52 Å². The Balaban J connectivity index is 2.74. The molecule has 94 valence electrons. The molecule has 0 bridgehead atoms. The highest BCUT2D eigenvalue weighted by molar-refractivity contribution is 9.10. The van der Waals surface area contributed by atoms with Crippen LogP contribution in [0.4, 0.5) is 0 Å². The van der Waals surface area contributed by atoms with Crippen LogP contribution in [0.3, 0.4) is 0 Å². The molecule has 0 radical (unpaired) electrons. The molecule has 1 unspecified atom stereocenters. The zero-order valence-corrected chi connectivity index (χ0v) is 11.2. The summed E-state index contributed by atoms with van der Waals surface area (Å²) in [5, 5.41) is 11.5. The third-order valence-electron chi connectivity index (χ3n) is 2.53. The summed E-state index contributed by atoms with van der Waals surface area (Å²) in [7, 11) is 0. The minimum atomic E-state index is -0.949. The molecular formula is C11H14BrNO4. The molecule has 0 aliphatic rings. The molecule has 1 aromatic rings. The zero-order chi connectivity index (χ0) is 13.1. The lowest BCUT2D eigenvalue weighted by molar-refractivity contribution is -0.138. The monoisotopic (exact) mass is 303 g/mol. The predicted octanol–water partition coefficient (Wildman–Crippen LogP) is 2.42. The summed E-state index contributed by atoms with van der Waals surface area (Å²) in [6, 6.07) is 3.13. The number of carboxylic acids is 1. The van der Waals surface area contributed by atoms with Gasteiger partial charge in [-0.05, 0) is 41.4 Å². The quantitative estimate of drug-likeness (QED) is 0.875. The van der Waals surface area contributed by atoms with Crippen molar-refractivity contribution < 1.29 is 19.1 Å². The Bertz CT molecular complexity index is 429. The lowest BCUT2D eigenvalue weighted by Gasteiger charge is -2.27. The highest BCUT2D eigenvalue weighted by Gasteiger charge is 2.28. The van der Waals surface area contributed by atoms with Crippen molar-refractivity contribution in [2.45, 2.75) is 32.2 Å². The van der Waals surface area contributed by atoms with Crippen LogP contribution in [-0.2, 0) is 4.79 Å². The first-order valence-corrected chi connectivity index (χ1v) is 5.95. The van der Waals surface area contributed by atoms with Gasteiger partial charge in [-0.1, -0.05) is 6.92 Å². The van der Waals surface area contributed by atoms with E-state index in [1.165, 1.54) is 6.07 Å².